The third-order valence-corrected chi connectivity index (χ3v) is 3.77. The fraction of sp³-hybridized carbons (Fsp3) is 0.467. The maximum absolute atomic E-state index is 13.2. The highest BCUT2D eigenvalue weighted by Crippen LogP contribution is 2.40. The second-order valence-corrected chi connectivity index (χ2v) is 5.26. The van der Waals surface area contributed by atoms with Gasteiger partial charge in [0.05, 0.1) is 17.2 Å². The van der Waals surface area contributed by atoms with Gasteiger partial charge in [0.1, 0.15) is 0 Å². The van der Waals surface area contributed by atoms with Crippen LogP contribution in [0.1, 0.15) is 22.7 Å². The number of nitrogens with zero attached hydrogens (tertiary/aromatic N) is 1. The zero-order valence-corrected chi connectivity index (χ0v) is 12.1. The molecule has 0 unspecified atom stereocenters. The summed E-state index contributed by atoms with van der Waals surface area (Å²) in [5.74, 6) is 0. The molecule has 2 rings (SSSR count). The Kier molecular flexibility index (Phi) is 5.05. The molecule has 1 aromatic rings. The molecule has 1 aliphatic heterocycles. The minimum atomic E-state index is -4.73. The van der Waals surface area contributed by atoms with Crippen LogP contribution in [-0.4, -0.2) is 31.1 Å². The van der Waals surface area contributed by atoms with Gasteiger partial charge in [-0.05, 0) is 23.8 Å². The summed E-state index contributed by atoms with van der Waals surface area (Å²) in [6.07, 6.45) is -8.17. The average Bonchev–Trinajstić information content (AvgIpc) is 2.47. The largest absolute Gasteiger partial charge is 0.416 e. The van der Waals surface area contributed by atoms with Gasteiger partial charge in [0.25, 0.3) is 0 Å². The first-order valence-electron chi connectivity index (χ1n) is 7.00. The molecule has 1 aliphatic rings. The number of hydrogen-bond acceptors (Lipinski definition) is 2. The Hall–Kier alpha value is -1.54. The molecule has 23 heavy (non-hydrogen) atoms. The van der Waals surface area contributed by atoms with E-state index in [1.807, 2.05) is 0 Å². The van der Waals surface area contributed by atoms with Gasteiger partial charge in [0.15, 0.2) is 0 Å². The van der Waals surface area contributed by atoms with Crippen LogP contribution in [-0.2, 0) is 12.4 Å². The van der Waals surface area contributed by atoms with E-state index in [4.69, 9.17) is 0 Å². The van der Waals surface area contributed by atoms with Crippen LogP contribution < -0.4 is 5.32 Å². The molecule has 1 aromatic carbocycles. The summed E-state index contributed by atoms with van der Waals surface area (Å²) in [6.45, 7) is 5.51. The van der Waals surface area contributed by atoms with E-state index in [2.05, 4.69) is 11.9 Å². The first kappa shape index (κ1) is 17.8. The Bertz CT molecular complexity index is 558. The van der Waals surface area contributed by atoms with E-state index in [0.29, 0.717) is 44.4 Å². The SMILES string of the molecule is C=C[C@@H](c1cc(C(F)(F)F)ccc1C(F)(F)F)N1CCNCC1. The number of alkyl halides is 6. The highest BCUT2D eigenvalue weighted by molar-refractivity contribution is 5.39. The maximum atomic E-state index is 13.2. The van der Waals surface area contributed by atoms with Crippen molar-refractivity contribution in [2.75, 3.05) is 26.2 Å². The van der Waals surface area contributed by atoms with Gasteiger partial charge in [-0.15, -0.1) is 6.58 Å². The molecule has 0 spiro atoms. The standard InChI is InChI=1S/C15H16F6N2/c1-2-13(23-7-5-22-6-8-23)11-9-10(14(16,17)18)3-4-12(11)15(19,20)21/h2-4,9,13,22H,1,5-8H2/t13-/m0/s1. The number of piperazine rings is 1. The van der Waals surface area contributed by atoms with E-state index in [1.54, 1.807) is 4.90 Å². The fourth-order valence-electron chi connectivity index (χ4n) is 2.67. The monoisotopic (exact) mass is 338 g/mol. The molecule has 0 aromatic heterocycles. The summed E-state index contributed by atoms with van der Waals surface area (Å²) in [6, 6.07) is 0.620. The van der Waals surface area contributed by atoms with Crippen molar-refractivity contribution in [3.8, 4) is 0 Å². The molecule has 0 amide bonds. The Labute approximate surface area is 129 Å². The van der Waals surface area contributed by atoms with Gasteiger partial charge < -0.3 is 5.32 Å². The van der Waals surface area contributed by atoms with E-state index in [1.165, 1.54) is 6.08 Å². The van der Waals surface area contributed by atoms with Crippen LogP contribution in [0, 0.1) is 0 Å². The number of rotatable bonds is 3. The predicted octanol–water partition coefficient (Wildman–Crippen LogP) is 3.86. The Morgan fingerprint density at radius 1 is 1.04 bits per heavy atom. The van der Waals surface area contributed by atoms with Gasteiger partial charge in [-0.2, -0.15) is 26.3 Å². The third kappa shape index (κ3) is 4.06. The molecular weight excluding hydrogens is 322 g/mol. The van der Waals surface area contributed by atoms with E-state index in [9.17, 15) is 26.3 Å². The number of halogens is 6. The lowest BCUT2D eigenvalue weighted by atomic mass is 9.95. The van der Waals surface area contributed by atoms with Crippen molar-refractivity contribution in [2.24, 2.45) is 0 Å². The molecule has 0 bridgehead atoms. The molecule has 1 saturated heterocycles. The zero-order valence-electron chi connectivity index (χ0n) is 12.1. The summed E-state index contributed by atoms with van der Waals surface area (Å²) in [4.78, 5) is 1.69. The molecule has 0 radical (unpaired) electrons. The topological polar surface area (TPSA) is 15.3 Å². The van der Waals surface area contributed by atoms with Gasteiger partial charge in [-0.25, -0.2) is 0 Å². The van der Waals surface area contributed by atoms with E-state index in [0.717, 1.165) is 0 Å². The normalized spacial score (nSPS) is 18.7. The highest BCUT2D eigenvalue weighted by Gasteiger charge is 2.39. The zero-order chi connectivity index (χ0) is 17.3. The van der Waals surface area contributed by atoms with Crippen molar-refractivity contribution in [3.05, 3.63) is 47.5 Å². The van der Waals surface area contributed by atoms with Gasteiger partial charge in [0, 0.05) is 26.2 Å². The van der Waals surface area contributed by atoms with Gasteiger partial charge in [0.2, 0.25) is 0 Å². The fourth-order valence-corrected chi connectivity index (χ4v) is 2.67. The number of benzene rings is 1. The molecule has 0 aliphatic carbocycles. The van der Waals surface area contributed by atoms with Gasteiger partial charge >= 0.3 is 12.4 Å². The average molecular weight is 338 g/mol. The maximum Gasteiger partial charge on any atom is 0.416 e. The summed E-state index contributed by atoms with van der Waals surface area (Å²) >= 11 is 0. The Balaban J connectivity index is 2.52. The van der Waals surface area contributed by atoms with Crippen molar-refractivity contribution in [1.29, 1.82) is 0 Å². The van der Waals surface area contributed by atoms with Gasteiger partial charge in [-0.1, -0.05) is 6.08 Å². The molecule has 1 fully saturated rings. The molecule has 128 valence electrons. The summed E-state index contributed by atoms with van der Waals surface area (Å²) in [5.41, 5.74) is -2.57. The summed E-state index contributed by atoms with van der Waals surface area (Å²) in [7, 11) is 0. The smallest absolute Gasteiger partial charge is 0.314 e. The van der Waals surface area contributed by atoms with Crippen LogP contribution >= 0.6 is 0 Å². The highest BCUT2D eigenvalue weighted by atomic mass is 19.4. The van der Waals surface area contributed by atoms with E-state index >= 15 is 0 Å². The lowest BCUT2D eigenvalue weighted by Crippen LogP contribution is -2.45. The molecular formula is C15H16F6N2. The first-order valence-corrected chi connectivity index (χ1v) is 7.00. The molecule has 1 atom stereocenters. The molecule has 1 heterocycles. The van der Waals surface area contributed by atoms with Crippen LogP contribution in [0.5, 0.6) is 0 Å². The van der Waals surface area contributed by atoms with Crippen molar-refractivity contribution >= 4 is 0 Å². The van der Waals surface area contributed by atoms with Crippen molar-refractivity contribution < 1.29 is 26.3 Å². The molecule has 0 saturated carbocycles. The van der Waals surface area contributed by atoms with Crippen LogP contribution in [0.25, 0.3) is 0 Å². The van der Waals surface area contributed by atoms with Crippen LogP contribution in [0.15, 0.2) is 30.9 Å². The minimum Gasteiger partial charge on any atom is -0.314 e. The van der Waals surface area contributed by atoms with E-state index in [-0.39, 0.29) is 0 Å². The lowest BCUT2D eigenvalue weighted by molar-refractivity contribution is -0.142. The Morgan fingerprint density at radius 3 is 2.13 bits per heavy atom. The summed E-state index contributed by atoms with van der Waals surface area (Å²) in [5, 5.41) is 3.05. The lowest BCUT2D eigenvalue weighted by Gasteiger charge is -2.34. The molecule has 1 N–H and O–H groups in total. The minimum absolute atomic E-state index is 0.413. The van der Waals surface area contributed by atoms with Crippen molar-refractivity contribution in [2.45, 2.75) is 18.4 Å². The van der Waals surface area contributed by atoms with Gasteiger partial charge in [-0.3, -0.25) is 4.90 Å². The molecule has 2 nitrogen and oxygen atoms in total. The van der Waals surface area contributed by atoms with Crippen LogP contribution in [0.3, 0.4) is 0 Å². The second-order valence-electron chi connectivity index (χ2n) is 5.26. The van der Waals surface area contributed by atoms with Crippen LogP contribution in [0.4, 0.5) is 26.3 Å². The van der Waals surface area contributed by atoms with Crippen molar-refractivity contribution in [3.63, 3.8) is 0 Å². The van der Waals surface area contributed by atoms with Crippen LogP contribution in [0.2, 0.25) is 0 Å². The van der Waals surface area contributed by atoms with Crippen molar-refractivity contribution in [1.82, 2.24) is 10.2 Å². The third-order valence-electron chi connectivity index (χ3n) is 3.77. The molecule has 8 heteroatoms. The summed E-state index contributed by atoms with van der Waals surface area (Å²) < 4.78 is 78.2. The quantitative estimate of drug-likeness (QED) is 0.665. The number of nitrogens with one attached hydrogen (secondary N) is 1. The first-order chi connectivity index (χ1) is 10.6. The second kappa shape index (κ2) is 6.52. The number of hydrogen-bond donors (Lipinski definition) is 1. The Morgan fingerprint density at radius 2 is 1.65 bits per heavy atom. The van der Waals surface area contributed by atoms with E-state index < -0.39 is 35.1 Å². The predicted molar refractivity (Wildman–Crippen MR) is 73.8 cm³/mol.